The second-order valence-electron chi connectivity index (χ2n) is 5.96. The minimum absolute atomic E-state index is 0.0570. The second-order valence-corrected chi connectivity index (χ2v) is 6.90. The first-order valence-electron chi connectivity index (χ1n) is 7.35. The minimum atomic E-state index is -0.799. The number of aromatic nitrogens is 2. The van der Waals surface area contributed by atoms with Crippen LogP contribution in [-0.4, -0.2) is 26.4 Å². The van der Waals surface area contributed by atoms with Crippen LogP contribution in [0.2, 0.25) is 0 Å². The number of aryl methyl sites for hydroxylation is 1. The van der Waals surface area contributed by atoms with E-state index in [-0.39, 0.29) is 5.75 Å². The number of rotatable bonds is 6. The predicted octanol–water partition coefficient (Wildman–Crippen LogP) is 3.71. The van der Waals surface area contributed by atoms with Crippen LogP contribution < -0.4 is 0 Å². The molecule has 0 saturated heterocycles. The molecule has 0 amide bonds. The molecule has 5 heteroatoms. The number of fused-ring (bicyclic) bond motifs is 1. The molecular formula is C16H20N2O2S. The van der Waals surface area contributed by atoms with E-state index in [0.29, 0.717) is 5.41 Å². The van der Waals surface area contributed by atoms with Crippen LogP contribution in [0.15, 0.2) is 23.4 Å². The van der Waals surface area contributed by atoms with Gasteiger partial charge in [-0.25, -0.2) is 4.98 Å². The number of hydrogen-bond donors (Lipinski definition) is 1. The zero-order valence-electron chi connectivity index (χ0n) is 12.4. The van der Waals surface area contributed by atoms with Crippen molar-refractivity contribution >= 4 is 28.8 Å². The van der Waals surface area contributed by atoms with E-state index in [0.717, 1.165) is 22.7 Å². The summed E-state index contributed by atoms with van der Waals surface area (Å²) in [5, 5.41) is 9.76. The Kier molecular flexibility index (Phi) is 3.69. The maximum Gasteiger partial charge on any atom is 0.313 e. The molecule has 0 aliphatic heterocycles. The van der Waals surface area contributed by atoms with Crippen molar-refractivity contribution < 1.29 is 9.90 Å². The molecule has 1 aliphatic carbocycles. The van der Waals surface area contributed by atoms with E-state index in [9.17, 15) is 4.79 Å². The largest absolute Gasteiger partial charge is 0.481 e. The number of carboxylic acids is 1. The normalized spacial score (nSPS) is 16.3. The van der Waals surface area contributed by atoms with Crippen molar-refractivity contribution in [1.29, 1.82) is 0 Å². The van der Waals surface area contributed by atoms with Gasteiger partial charge in [0.1, 0.15) is 0 Å². The average molecular weight is 304 g/mol. The molecule has 0 atom stereocenters. The molecule has 0 unspecified atom stereocenters. The van der Waals surface area contributed by atoms with Crippen LogP contribution in [0.25, 0.3) is 11.0 Å². The molecule has 0 radical (unpaired) electrons. The third kappa shape index (κ3) is 2.79. The Bertz CT molecular complexity index is 689. The number of carboxylic acid groups (broad SMARTS) is 1. The van der Waals surface area contributed by atoms with Crippen LogP contribution in [0.5, 0.6) is 0 Å². The van der Waals surface area contributed by atoms with E-state index in [1.54, 1.807) is 0 Å². The van der Waals surface area contributed by atoms with Gasteiger partial charge in [-0.2, -0.15) is 0 Å². The van der Waals surface area contributed by atoms with Crippen LogP contribution in [0.4, 0.5) is 0 Å². The van der Waals surface area contributed by atoms with Gasteiger partial charge in [0, 0.05) is 6.54 Å². The number of hydrogen-bond acceptors (Lipinski definition) is 3. The van der Waals surface area contributed by atoms with Gasteiger partial charge in [-0.15, -0.1) is 0 Å². The summed E-state index contributed by atoms with van der Waals surface area (Å²) in [5.41, 5.74) is 3.73. The lowest BCUT2D eigenvalue weighted by Gasteiger charge is -2.16. The highest BCUT2D eigenvalue weighted by molar-refractivity contribution is 7.99. The lowest BCUT2D eigenvalue weighted by molar-refractivity contribution is -0.133. The van der Waals surface area contributed by atoms with Gasteiger partial charge in [-0.3, -0.25) is 4.79 Å². The number of aliphatic carboxylic acids is 1. The maximum atomic E-state index is 10.9. The number of benzene rings is 1. The van der Waals surface area contributed by atoms with Gasteiger partial charge < -0.3 is 9.67 Å². The molecule has 112 valence electrons. The van der Waals surface area contributed by atoms with Crippen molar-refractivity contribution in [2.24, 2.45) is 5.41 Å². The highest BCUT2D eigenvalue weighted by Crippen LogP contribution is 2.51. The monoisotopic (exact) mass is 304 g/mol. The Morgan fingerprint density at radius 1 is 1.48 bits per heavy atom. The topological polar surface area (TPSA) is 55.1 Å². The van der Waals surface area contributed by atoms with Crippen molar-refractivity contribution in [3.63, 3.8) is 0 Å². The molecule has 2 aromatic rings. The Labute approximate surface area is 128 Å². The van der Waals surface area contributed by atoms with Crippen molar-refractivity contribution in [1.82, 2.24) is 9.55 Å². The summed E-state index contributed by atoms with van der Waals surface area (Å²) in [4.78, 5) is 15.5. The molecule has 1 aromatic carbocycles. The zero-order valence-corrected chi connectivity index (χ0v) is 13.2. The molecular weight excluding hydrogens is 284 g/mol. The van der Waals surface area contributed by atoms with Crippen LogP contribution in [-0.2, 0) is 11.3 Å². The van der Waals surface area contributed by atoms with Gasteiger partial charge >= 0.3 is 5.97 Å². The molecule has 1 aromatic heterocycles. The molecule has 4 nitrogen and oxygen atoms in total. The molecule has 1 aliphatic rings. The van der Waals surface area contributed by atoms with Crippen LogP contribution in [0, 0.1) is 12.3 Å². The fourth-order valence-corrected chi connectivity index (χ4v) is 3.59. The van der Waals surface area contributed by atoms with Crippen LogP contribution in [0.1, 0.15) is 31.7 Å². The molecule has 1 heterocycles. The summed E-state index contributed by atoms with van der Waals surface area (Å²) in [6.07, 6.45) is 3.69. The first-order valence-corrected chi connectivity index (χ1v) is 8.34. The highest BCUT2D eigenvalue weighted by Gasteiger charge is 2.41. The van der Waals surface area contributed by atoms with Gasteiger partial charge in [0.05, 0.1) is 16.8 Å². The number of para-hydroxylation sites is 1. The average Bonchev–Trinajstić information content (AvgIpc) is 3.13. The van der Waals surface area contributed by atoms with Gasteiger partial charge in [0.15, 0.2) is 5.16 Å². The van der Waals surface area contributed by atoms with Crippen molar-refractivity contribution in [2.75, 3.05) is 5.75 Å². The first-order chi connectivity index (χ1) is 10.0. The summed E-state index contributed by atoms with van der Waals surface area (Å²) in [5.74, 6) is -0.742. The van der Waals surface area contributed by atoms with E-state index in [1.165, 1.54) is 36.6 Å². The molecule has 1 saturated carbocycles. The predicted molar refractivity (Wildman–Crippen MR) is 84.8 cm³/mol. The van der Waals surface area contributed by atoms with E-state index < -0.39 is 5.97 Å². The van der Waals surface area contributed by atoms with E-state index in [1.807, 2.05) is 12.1 Å². The minimum Gasteiger partial charge on any atom is -0.481 e. The van der Waals surface area contributed by atoms with Crippen LogP contribution >= 0.6 is 11.8 Å². The maximum absolute atomic E-state index is 10.9. The molecule has 3 rings (SSSR count). The summed E-state index contributed by atoms with van der Waals surface area (Å²) in [6.45, 7) is 5.29. The highest BCUT2D eigenvalue weighted by atomic mass is 32.2. The molecule has 21 heavy (non-hydrogen) atoms. The summed E-state index contributed by atoms with van der Waals surface area (Å²) >= 11 is 1.32. The molecule has 1 N–H and O–H groups in total. The van der Waals surface area contributed by atoms with E-state index in [2.05, 4.69) is 29.5 Å². The quantitative estimate of drug-likeness (QED) is 0.827. The van der Waals surface area contributed by atoms with Crippen LogP contribution in [0.3, 0.4) is 0 Å². The standard InChI is InChI=1S/C16H20N2O2S/c1-3-16(7-8-16)10-18-14-11(2)5-4-6-12(14)17-15(18)21-9-13(19)20/h4-6H,3,7-10H2,1-2H3,(H,19,20). The van der Waals surface area contributed by atoms with Gasteiger partial charge in [-0.1, -0.05) is 30.8 Å². The second kappa shape index (κ2) is 5.37. The van der Waals surface area contributed by atoms with Crippen molar-refractivity contribution in [3.05, 3.63) is 23.8 Å². The Morgan fingerprint density at radius 3 is 2.86 bits per heavy atom. The first kappa shape index (κ1) is 14.4. The summed E-state index contributed by atoms with van der Waals surface area (Å²) in [7, 11) is 0. The smallest absolute Gasteiger partial charge is 0.313 e. The fourth-order valence-electron chi connectivity index (χ4n) is 2.86. The Morgan fingerprint density at radius 2 is 2.24 bits per heavy atom. The molecule has 1 fully saturated rings. The lowest BCUT2D eigenvalue weighted by Crippen LogP contribution is -2.12. The number of thioether (sulfide) groups is 1. The third-order valence-electron chi connectivity index (χ3n) is 4.46. The van der Waals surface area contributed by atoms with Gasteiger partial charge in [0.25, 0.3) is 0 Å². The molecule has 0 spiro atoms. The van der Waals surface area contributed by atoms with Crippen molar-refractivity contribution in [3.8, 4) is 0 Å². The van der Waals surface area contributed by atoms with E-state index in [4.69, 9.17) is 5.11 Å². The number of carbonyl (C=O) groups is 1. The SMILES string of the molecule is CCC1(Cn2c(SCC(=O)O)nc3cccc(C)c32)CC1. The summed E-state index contributed by atoms with van der Waals surface area (Å²) < 4.78 is 2.24. The van der Waals surface area contributed by atoms with Gasteiger partial charge in [-0.05, 0) is 43.2 Å². The molecule has 0 bridgehead atoms. The Balaban J connectivity index is 2.03. The summed E-state index contributed by atoms with van der Waals surface area (Å²) in [6, 6.07) is 6.11. The lowest BCUT2D eigenvalue weighted by atomic mass is 10.0. The third-order valence-corrected chi connectivity index (χ3v) is 5.42. The van der Waals surface area contributed by atoms with Crippen molar-refractivity contribution in [2.45, 2.75) is 44.8 Å². The zero-order chi connectivity index (χ0) is 15.0. The van der Waals surface area contributed by atoms with E-state index >= 15 is 0 Å². The fraction of sp³-hybridized carbons (Fsp3) is 0.500. The van der Waals surface area contributed by atoms with Gasteiger partial charge in [0.2, 0.25) is 0 Å². The number of imidazole rings is 1. The number of nitrogens with zero attached hydrogens (tertiary/aromatic N) is 2. The Hall–Kier alpha value is -1.49.